The molecule has 0 spiro atoms. The zero-order chi connectivity index (χ0) is 17.1. The lowest BCUT2D eigenvalue weighted by Gasteiger charge is -2.33. The fourth-order valence-electron chi connectivity index (χ4n) is 3.53. The number of aliphatic hydroxyl groups excluding tert-OH is 1. The molecular weight excluding hydrogens is 284 g/mol. The predicted molar refractivity (Wildman–Crippen MR) is 97.1 cm³/mol. The van der Waals surface area contributed by atoms with Crippen LogP contribution in [0.4, 0.5) is 0 Å². The first-order valence-electron chi connectivity index (χ1n) is 8.58. The molecule has 2 N–H and O–H groups in total. The largest absolute Gasteiger partial charge is 0.396 e. The molecule has 2 heteroatoms. The van der Waals surface area contributed by atoms with Crippen molar-refractivity contribution >= 4 is 6.08 Å². The van der Waals surface area contributed by atoms with Gasteiger partial charge in [0, 0.05) is 13.0 Å². The molecule has 0 heterocycles. The molecule has 0 saturated carbocycles. The number of hydrogen-bond donors (Lipinski definition) is 2. The molecule has 2 rings (SSSR count). The molecule has 1 aliphatic carbocycles. The normalized spacial score (nSPS) is 20.8. The molecule has 1 aromatic rings. The lowest BCUT2D eigenvalue weighted by Crippen LogP contribution is -2.22. The van der Waals surface area contributed by atoms with Gasteiger partial charge in [0.05, 0.1) is 5.60 Å². The fourth-order valence-corrected chi connectivity index (χ4v) is 3.53. The van der Waals surface area contributed by atoms with Crippen molar-refractivity contribution in [2.75, 3.05) is 6.61 Å². The molecule has 0 saturated heterocycles. The second kappa shape index (κ2) is 7.02. The highest BCUT2D eigenvalue weighted by atomic mass is 16.3. The Hall–Kier alpha value is -1.38. The Labute approximate surface area is 140 Å². The highest BCUT2D eigenvalue weighted by Crippen LogP contribution is 2.41. The van der Waals surface area contributed by atoms with Crippen LogP contribution in [0.3, 0.4) is 0 Å². The molecule has 126 valence electrons. The van der Waals surface area contributed by atoms with Crippen molar-refractivity contribution < 1.29 is 10.2 Å². The SMILES string of the molecule is CC1=C(/C=C/c2cccc(C(C)(O)CCO)c2)C(C)(C)CCC1. The third-order valence-corrected chi connectivity index (χ3v) is 5.09. The first kappa shape index (κ1) is 18.0. The zero-order valence-electron chi connectivity index (χ0n) is 14.9. The van der Waals surface area contributed by atoms with Gasteiger partial charge in [0.1, 0.15) is 0 Å². The maximum absolute atomic E-state index is 10.5. The first-order chi connectivity index (χ1) is 10.8. The summed E-state index contributed by atoms with van der Waals surface area (Å²) in [5, 5.41) is 19.6. The van der Waals surface area contributed by atoms with E-state index < -0.39 is 5.60 Å². The number of rotatable bonds is 5. The molecule has 0 fully saturated rings. The summed E-state index contributed by atoms with van der Waals surface area (Å²) in [6.07, 6.45) is 8.43. The summed E-state index contributed by atoms with van der Waals surface area (Å²) < 4.78 is 0. The van der Waals surface area contributed by atoms with Gasteiger partial charge in [-0.2, -0.15) is 0 Å². The van der Waals surface area contributed by atoms with Gasteiger partial charge in [-0.1, -0.05) is 49.8 Å². The number of aliphatic hydroxyl groups is 2. The van der Waals surface area contributed by atoms with Gasteiger partial charge in [-0.15, -0.1) is 0 Å². The first-order valence-corrected chi connectivity index (χ1v) is 8.58. The Morgan fingerprint density at radius 3 is 2.65 bits per heavy atom. The van der Waals surface area contributed by atoms with E-state index in [1.807, 2.05) is 18.2 Å². The molecule has 0 bridgehead atoms. The quantitative estimate of drug-likeness (QED) is 0.818. The second-order valence-corrected chi connectivity index (χ2v) is 7.64. The third-order valence-electron chi connectivity index (χ3n) is 5.09. The van der Waals surface area contributed by atoms with Crippen molar-refractivity contribution in [2.24, 2.45) is 5.41 Å². The van der Waals surface area contributed by atoms with Crippen molar-refractivity contribution in [3.05, 3.63) is 52.6 Å². The molecule has 1 unspecified atom stereocenters. The summed E-state index contributed by atoms with van der Waals surface area (Å²) in [7, 11) is 0. The smallest absolute Gasteiger partial charge is 0.0890 e. The average molecular weight is 314 g/mol. The van der Waals surface area contributed by atoms with Crippen LogP contribution in [0.1, 0.15) is 64.5 Å². The van der Waals surface area contributed by atoms with E-state index >= 15 is 0 Å². The van der Waals surface area contributed by atoms with Crippen molar-refractivity contribution in [3.8, 4) is 0 Å². The van der Waals surface area contributed by atoms with Crippen LogP contribution >= 0.6 is 0 Å². The maximum atomic E-state index is 10.5. The van der Waals surface area contributed by atoms with Crippen molar-refractivity contribution in [2.45, 2.75) is 59.0 Å². The Morgan fingerprint density at radius 2 is 2.00 bits per heavy atom. The van der Waals surface area contributed by atoms with E-state index in [1.54, 1.807) is 6.92 Å². The highest BCUT2D eigenvalue weighted by molar-refractivity contribution is 5.56. The summed E-state index contributed by atoms with van der Waals surface area (Å²) in [5.41, 5.74) is 4.11. The molecule has 0 aliphatic heterocycles. The molecule has 0 aromatic heterocycles. The summed E-state index contributed by atoms with van der Waals surface area (Å²) in [6.45, 7) is 8.61. The van der Waals surface area contributed by atoms with Crippen LogP contribution in [0.15, 0.2) is 41.5 Å². The standard InChI is InChI=1S/C21H30O2/c1-16-7-6-12-20(2,3)19(16)11-10-17-8-5-9-18(15-17)21(4,23)13-14-22/h5,8-11,15,22-23H,6-7,12-14H2,1-4H3/b11-10+. The van der Waals surface area contributed by atoms with Crippen LogP contribution in [0.5, 0.6) is 0 Å². The topological polar surface area (TPSA) is 40.5 Å². The van der Waals surface area contributed by atoms with Gasteiger partial charge in [-0.25, -0.2) is 0 Å². The van der Waals surface area contributed by atoms with E-state index in [9.17, 15) is 5.11 Å². The van der Waals surface area contributed by atoms with E-state index in [2.05, 4.69) is 39.0 Å². The number of benzene rings is 1. The number of allylic oxidation sites excluding steroid dienone is 3. The van der Waals surface area contributed by atoms with Crippen LogP contribution in [-0.2, 0) is 5.60 Å². The van der Waals surface area contributed by atoms with Gasteiger partial charge in [0.15, 0.2) is 0 Å². The van der Waals surface area contributed by atoms with E-state index in [0.29, 0.717) is 6.42 Å². The molecule has 1 aliphatic rings. The Morgan fingerprint density at radius 1 is 1.26 bits per heavy atom. The Balaban J connectivity index is 2.27. The van der Waals surface area contributed by atoms with Gasteiger partial charge in [-0.05, 0) is 61.3 Å². The van der Waals surface area contributed by atoms with E-state index in [1.165, 1.54) is 30.4 Å². The monoisotopic (exact) mass is 314 g/mol. The molecule has 1 aromatic carbocycles. The third kappa shape index (κ3) is 4.33. The summed E-state index contributed by atoms with van der Waals surface area (Å²) in [5.74, 6) is 0. The second-order valence-electron chi connectivity index (χ2n) is 7.64. The number of hydrogen-bond acceptors (Lipinski definition) is 2. The molecule has 0 amide bonds. The van der Waals surface area contributed by atoms with Crippen molar-refractivity contribution in [1.29, 1.82) is 0 Å². The Kier molecular flexibility index (Phi) is 5.49. The van der Waals surface area contributed by atoms with Crippen molar-refractivity contribution in [3.63, 3.8) is 0 Å². The van der Waals surface area contributed by atoms with E-state index in [0.717, 1.165) is 11.1 Å². The average Bonchev–Trinajstić information content (AvgIpc) is 2.46. The van der Waals surface area contributed by atoms with Gasteiger partial charge >= 0.3 is 0 Å². The van der Waals surface area contributed by atoms with Crippen LogP contribution in [0, 0.1) is 5.41 Å². The minimum atomic E-state index is -0.988. The fraction of sp³-hybridized carbons (Fsp3) is 0.524. The van der Waals surface area contributed by atoms with E-state index in [-0.39, 0.29) is 12.0 Å². The Bertz CT molecular complexity index is 606. The van der Waals surface area contributed by atoms with E-state index in [4.69, 9.17) is 5.11 Å². The molecule has 23 heavy (non-hydrogen) atoms. The van der Waals surface area contributed by atoms with Crippen LogP contribution in [-0.4, -0.2) is 16.8 Å². The molecule has 2 nitrogen and oxygen atoms in total. The lowest BCUT2D eigenvalue weighted by atomic mass is 9.72. The van der Waals surface area contributed by atoms with Crippen LogP contribution in [0.25, 0.3) is 6.08 Å². The minimum absolute atomic E-state index is 0.0205. The van der Waals surface area contributed by atoms with Crippen LogP contribution in [0.2, 0.25) is 0 Å². The van der Waals surface area contributed by atoms with Crippen molar-refractivity contribution in [1.82, 2.24) is 0 Å². The van der Waals surface area contributed by atoms with Gasteiger partial charge < -0.3 is 10.2 Å². The molecular formula is C21H30O2. The van der Waals surface area contributed by atoms with Gasteiger partial charge in [-0.3, -0.25) is 0 Å². The lowest BCUT2D eigenvalue weighted by molar-refractivity contribution is 0.0299. The molecule has 1 atom stereocenters. The maximum Gasteiger partial charge on any atom is 0.0890 e. The van der Waals surface area contributed by atoms with Gasteiger partial charge in [0.25, 0.3) is 0 Å². The summed E-state index contributed by atoms with van der Waals surface area (Å²) >= 11 is 0. The summed E-state index contributed by atoms with van der Waals surface area (Å²) in [4.78, 5) is 0. The minimum Gasteiger partial charge on any atom is -0.396 e. The van der Waals surface area contributed by atoms with Crippen LogP contribution < -0.4 is 0 Å². The predicted octanol–water partition coefficient (Wildman–Crippen LogP) is 4.82. The zero-order valence-corrected chi connectivity index (χ0v) is 14.9. The molecule has 0 radical (unpaired) electrons. The highest BCUT2D eigenvalue weighted by Gasteiger charge is 2.26. The van der Waals surface area contributed by atoms with Gasteiger partial charge in [0.2, 0.25) is 0 Å². The summed E-state index contributed by atoms with van der Waals surface area (Å²) in [6, 6.07) is 7.95.